The van der Waals surface area contributed by atoms with E-state index in [1.807, 2.05) is 13.8 Å². The third-order valence-corrected chi connectivity index (χ3v) is 4.89. The lowest BCUT2D eigenvalue weighted by atomic mass is 10.1. The van der Waals surface area contributed by atoms with E-state index in [4.69, 9.17) is 16.6 Å². The molecule has 7 nitrogen and oxygen atoms in total. The minimum absolute atomic E-state index is 0.306. The first-order chi connectivity index (χ1) is 10.2. The minimum Gasteiger partial charge on any atom is -0.622 e. The van der Waals surface area contributed by atoms with Gasteiger partial charge in [0, 0.05) is 13.1 Å². The van der Waals surface area contributed by atoms with Crippen molar-refractivity contribution in [3.05, 3.63) is 39.3 Å². The van der Waals surface area contributed by atoms with E-state index in [1.165, 1.54) is 42.3 Å². The van der Waals surface area contributed by atoms with Crippen molar-refractivity contribution in [1.29, 1.82) is 0 Å². The first-order valence-corrected chi connectivity index (χ1v) is 7.62. The van der Waals surface area contributed by atoms with Gasteiger partial charge in [0.2, 0.25) is 0 Å². The van der Waals surface area contributed by atoms with Crippen molar-refractivity contribution < 1.29 is 14.1 Å². The molecule has 1 aromatic rings. The van der Waals surface area contributed by atoms with E-state index >= 15 is 0 Å². The molecule has 1 saturated heterocycles. The Kier molecular flexibility index (Phi) is 4.57. The second-order valence-electron chi connectivity index (χ2n) is 5.26. The highest BCUT2D eigenvalue weighted by Crippen LogP contribution is 2.40. The Morgan fingerprint density at radius 1 is 1.45 bits per heavy atom. The summed E-state index contributed by atoms with van der Waals surface area (Å²) in [7, 11) is 1.78. The van der Waals surface area contributed by atoms with Crippen molar-refractivity contribution >= 4 is 46.5 Å². The van der Waals surface area contributed by atoms with E-state index < -0.39 is 11.1 Å². The Hall–Kier alpha value is -1.87. The van der Waals surface area contributed by atoms with Gasteiger partial charge in [0.1, 0.15) is 19.8 Å². The fourth-order valence-electron chi connectivity index (χ4n) is 2.23. The molecule has 22 heavy (non-hydrogen) atoms. The molecule has 2 rings (SSSR count). The number of allylic oxidation sites excluding steroid dienone is 1. The molecule has 0 spiro atoms. The molecular formula is C13H15N3O4S2. The zero-order valence-corrected chi connectivity index (χ0v) is 13.9. The van der Waals surface area contributed by atoms with E-state index in [9.17, 15) is 15.3 Å². The largest absolute Gasteiger partial charge is 0.622 e. The number of thiocarbonyl (C=S) groups is 1. The van der Waals surface area contributed by atoms with Gasteiger partial charge in [-0.15, -0.1) is 0 Å². The van der Waals surface area contributed by atoms with Crippen LogP contribution in [0.4, 0.5) is 5.88 Å². The van der Waals surface area contributed by atoms with Gasteiger partial charge < -0.3 is 14.5 Å². The molecule has 1 aliphatic rings. The van der Waals surface area contributed by atoms with Crippen LogP contribution in [0.2, 0.25) is 0 Å². The number of nitro groups is 1. The standard InChI is InChI=1S/C13H15N3O4S2/c1-13(2)11(14(3)12(21)22-13)15(17)8-4-5-9-6-7-10(20-9)16(18)19/h4-8,11H,1-3H3/t11-/m1/s1. The summed E-state index contributed by atoms with van der Waals surface area (Å²) in [4.78, 5) is 11.7. The molecule has 1 aromatic heterocycles. The van der Waals surface area contributed by atoms with Gasteiger partial charge in [-0.05, 0) is 26.0 Å². The molecule has 0 radical (unpaired) electrons. The number of nitrogens with zero attached hydrogens (tertiary/aromatic N) is 3. The summed E-state index contributed by atoms with van der Waals surface area (Å²) in [6.07, 6.45) is 3.92. The monoisotopic (exact) mass is 341 g/mol. The van der Waals surface area contributed by atoms with Crippen LogP contribution < -0.4 is 0 Å². The third kappa shape index (κ3) is 3.30. The highest BCUT2D eigenvalue weighted by atomic mass is 32.2. The Morgan fingerprint density at radius 3 is 2.64 bits per heavy atom. The fraction of sp³-hybridized carbons (Fsp3) is 0.385. The summed E-state index contributed by atoms with van der Waals surface area (Å²) in [5.41, 5.74) is 0. The van der Waals surface area contributed by atoms with Crippen molar-refractivity contribution in [1.82, 2.24) is 4.90 Å². The Balaban J connectivity index is 2.13. The predicted molar refractivity (Wildman–Crippen MR) is 89.9 cm³/mol. The maximum Gasteiger partial charge on any atom is 0.433 e. The summed E-state index contributed by atoms with van der Waals surface area (Å²) in [5.74, 6) is -0.0303. The average molecular weight is 341 g/mol. The lowest BCUT2D eigenvalue weighted by Gasteiger charge is -2.26. The molecule has 0 unspecified atom stereocenters. The molecule has 0 saturated carbocycles. The number of rotatable bonds is 4. The van der Waals surface area contributed by atoms with Crippen molar-refractivity contribution in [2.75, 3.05) is 7.05 Å². The van der Waals surface area contributed by atoms with Crippen molar-refractivity contribution in [2.24, 2.45) is 0 Å². The van der Waals surface area contributed by atoms with Crippen molar-refractivity contribution in [2.45, 2.75) is 24.8 Å². The van der Waals surface area contributed by atoms with E-state index in [2.05, 4.69) is 0 Å². The molecule has 0 aromatic carbocycles. The van der Waals surface area contributed by atoms with Crippen LogP contribution in [0.3, 0.4) is 0 Å². The first kappa shape index (κ1) is 16.5. The van der Waals surface area contributed by atoms with Crippen LogP contribution in [0.15, 0.2) is 22.6 Å². The van der Waals surface area contributed by atoms with Crippen LogP contribution in [0, 0.1) is 15.3 Å². The van der Waals surface area contributed by atoms with Crippen molar-refractivity contribution in [3.63, 3.8) is 0 Å². The van der Waals surface area contributed by atoms with Crippen LogP contribution in [-0.4, -0.2) is 43.1 Å². The van der Waals surface area contributed by atoms with Crippen molar-refractivity contribution in [3.8, 4) is 0 Å². The quantitative estimate of drug-likeness (QED) is 0.208. The topological polar surface area (TPSA) is 85.6 Å². The smallest absolute Gasteiger partial charge is 0.433 e. The lowest BCUT2D eigenvalue weighted by Crippen LogP contribution is -2.45. The SMILES string of the molecule is CN1C(=S)SC(C)(C)[C@H]1[N+]([O-])=CC=Cc1ccc([N+](=O)[O-])o1. The van der Waals surface area contributed by atoms with E-state index in [0.717, 1.165) is 4.74 Å². The number of furan rings is 1. The molecule has 1 fully saturated rings. The highest BCUT2D eigenvalue weighted by Gasteiger charge is 2.48. The summed E-state index contributed by atoms with van der Waals surface area (Å²) >= 11 is 6.70. The molecule has 1 aliphatic heterocycles. The fourth-order valence-corrected chi connectivity index (χ4v) is 4.03. The Bertz CT molecular complexity index is 666. The lowest BCUT2D eigenvalue weighted by molar-refractivity contribution is -0.521. The van der Waals surface area contributed by atoms with Crippen LogP contribution >= 0.6 is 24.0 Å². The third-order valence-electron chi connectivity index (χ3n) is 3.15. The van der Waals surface area contributed by atoms with Gasteiger partial charge >= 0.3 is 5.88 Å². The van der Waals surface area contributed by atoms with Crippen LogP contribution in [0.1, 0.15) is 19.6 Å². The summed E-state index contributed by atoms with van der Waals surface area (Å²) in [6.45, 7) is 3.91. The summed E-state index contributed by atoms with van der Waals surface area (Å²) < 4.78 is 6.13. The van der Waals surface area contributed by atoms with E-state index in [0.29, 0.717) is 10.1 Å². The second kappa shape index (κ2) is 6.09. The molecule has 2 heterocycles. The van der Waals surface area contributed by atoms with Crippen LogP contribution in [-0.2, 0) is 0 Å². The molecule has 0 aliphatic carbocycles. The number of thioether (sulfide) groups is 1. The molecule has 0 N–H and O–H groups in total. The molecule has 9 heteroatoms. The van der Waals surface area contributed by atoms with Crippen LogP contribution in [0.5, 0.6) is 0 Å². The molecule has 0 bridgehead atoms. The van der Waals surface area contributed by atoms with Gasteiger partial charge in [-0.1, -0.05) is 24.0 Å². The summed E-state index contributed by atoms with van der Waals surface area (Å²) in [6, 6.07) is 2.73. The molecular weight excluding hydrogens is 326 g/mol. The van der Waals surface area contributed by atoms with Crippen LogP contribution in [0.25, 0.3) is 6.08 Å². The average Bonchev–Trinajstić information content (AvgIpc) is 2.93. The Morgan fingerprint density at radius 2 is 2.14 bits per heavy atom. The number of hydroxylamine groups is 1. The van der Waals surface area contributed by atoms with Gasteiger partial charge in [0.25, 0.3) is 6.17 Å². The molecule has 0 amide bonds. The van der Waals surface area contributed by atoms with E-state index in [1.54, 1.807) is 11.9 Å². The van der Waals surface area contributed by atoms with Gasteiger partial charge in [-0.2, -0.15) is 4.74 Å². The van der Waals surface area contributed by atoms with E-state index in [-0.39, 0.29) is 10.6 Å². The summed E-state index contributed by atoms with van der Waals surface area (Å²) in [5, 5.41) is 22.8. The normalized spacial score (nSPS) is 21.8. The maximum absolute atomic E-state index is 12.3. The Labute approximate surface area is 137 Å². The number of hydrogen-bond donors (Lipinski definition) is 0. The highest BCUT2D eigenvalue weighted by molar-refractivity contribution is 8.24. The minimum atomic E-state index is -0.616. The predicted octanol–water partition coefficient (Wildman–Crippen LogP) is 2.85. The maximum atomic E-state index is 12.3. The zero-order chi connectivity index (χ0) is 16.5. The number of hydrogen-bond acceptors (Lipinski definition) is 6. The van der Waals surface area contributed by atoms with Gasteiger partial charge in [0.15, 0.2) is 6.21 Å². The molecule has 1 atom stereocenters. The van der Waals surface area contributed by atoms with Gasteiger partial charge in [-0.25, -0.2) is 0 Å². The molecule has 118 valence electrons. The first-order valence-electron chi connectivity index (χ1n) is 6.39. The van der Waals surface area contributed by atoms with Gasteiger partial charge in [-0.3, -0.25) is 10.1 Å². The second-order valence-corrected chi connectivity index (χ2v) is 7.55. The zero-order valence-electron chi connectivity index (χ0n) is 12.3. The van der Waals surface area contributed by atoms with Gasteiger partial charge in [0.05, 0.1) is 6.07 Å².